The minimum atomic E-state index is -0.112. The fourth-order valence-corrected chi connectivity index (χ4v) is 4.61. The molecule has 2 aromatic carbocycles. The van der Waals surface area contributed by atoms with Gasteiger partial charge < -0.3 is 20.2 Å². The van der Waals surface area contributed by atoms with Gasteiger partial charge in [-0.2, -0.15) is 0 Å². The summed E-state index contributed by atoms with van der Waals surface area (Å²) in [5.74, 6) is -0.131. The maximum Gasteiger partial charge on any atom is 0.240 e. The van der Waals surface area contributed by atoms with E-state index >= 15 is 0 Å². The highest BCUT2D eigenvalue weighted by Gasteiger charge is 2.25. The minimum Gasteiger partial charge on any atom is -0.356 e. The van der Waals surface area contributed by atoms with E-state index in [9.17, 15) is 9.59 Å². The highest BCUT2D eigenvalue weighted by atomic mass is 16.2. The van der Waals surface area contributed by atoms with Crippen LogP contribution in [0, 0.1) is 0 Å². The molecule has 0 saturated carbocycles. The average Bonchev–Trinajstić information content (AvgIpc) is 3.31. The van der Waals surface area contributed by atoms with E-state index in [1.165, 1.54) is 17.9 Å². The quantitative estimate of drug-likeness (QED) is 0.478. The number of aryl methyl sites for hydroxylation is 1. The highest BCUT2D eigenvalue weighted by Crippen LogP contribution is 2.34. The summed E-state index contributed by atoms with van der Waals surface area (Å²) in [4.78, 5) is 27.9. The SMILES string of the molecule is CC(=O)Nc1cccc2c1ccn2CC(=O)N[C@H]1CCCc2c1[nH]c1ccccc21. The Labute approximate surface area is 174 Å². The third-order valence-electron chi connectivity index (χ3n) is 5.89. The van der Waals surface area contributed by atoms with Gasteiger partial charge in [0.15, 0.2) is 0 Å². The van der Waals surface area contributed by atoms with Gasteiger partial charge in [0, 0.05) is 35.1 Å². The van der Waals surface area contributed by atoms with Crippen molar-refractivity contribution in [2.45, 2.75) is 38.8 Å². The normalized spacial score (nSPS) is 15.8. The summed E-state index contributed by atoms with van der Waals surface area (Å²) in [6.45, 7) is 1.73. The Kier molecular flexibility index (Phi) is 4.54. The Morgan fingerprint density at radius 1 is 1.10 bits per heavy atom. The second-order valence-corrected chi connectivity index (χ2v) is 7.94. The van der Waals surface area contributed by atoms with Crippen LogP contribution in [-0.4, -0.2) is 21.4 Å². The first-order valence-corrected chi connectivity index (χ1v) is 10.3. The van der Waals surface area contributed by atoms with Gasteiger partial charge in [0.25, 0.3) is 0 Å². The van der Waals surface area contributed by atoms with Crippen molar-refractivity contribution in [1.82, 2.24) is 14.9 Å². The number of carbonyl (C=O) groups is 2. The standard InChI is InChI=1S/C24H24N4O2/c1-15(29)25-20-9-5-11-22-18(20)12-13-28(22)14-23(30)26-21-10-4-7-17-16-6-2-3-8-19(16)27-24(17)21/h2-3,5-6,8-9,11-13,21,27H,4,7,10,14H2,1H3,(H,25,29)(H,26,30)/t21-/m0/s1. The van der Waals surface area contributed by atoms with Gasteiger partial charge >= 0.3 is 0 Å². The van der Waals surface area contributed by atoms with Gasteiger partial charge in [-0.1, -0.05) is 24.3 Å². The van der Waals surface area contributed by atoms with Gasteiger partial charge in [-0.25, -0.2) is 0 Å². The van der Waals surface area contributed by atoms with E-state index in [2.05, 4.69) is 33.8 Å². The lowest BCUT2D eigenvalue weighted by atomic mass is 9.91. The van der Waals surface area contributed by atoms with Crippen LogP contribution in [0.4, 0.5) is 5.69 Å². The molecule has 2 aromatic heterocycles. The van der Waals surface area contributed by atoms with Crippen LogP contribution < -0.4 is 10.6 Å². The van der Waals surface area contributed by atoms with Gasteiger partial charge in [0.2, 0.25) is 11.8 Å². The zero-order chi connectivity index (χ0) is 20.7. The Morgan fingerprint density at radius 3 is 2.83 bits per heavy atom. The number of anilines is 1. The Balaban J connectivity index is 1.37. The summed E-state index contributed by atoms with van der Waals surface area (Å²) in [5, 5.41) is 8.26. The molecular weight excluding hydrogens is 376 g/mol. The van der Waals surface area contributed by atoms with E-state index in [4.69, 9.17) is 0 Å². The molecule has 0 aliphatic heterocycles. The molecule has 6 heteroatoms. The summed E-state index contributed by atoms with van der Waals surface area (Å²) in [7, 11) is 0. The van der Waals surface area contributed by atoms with Gasteiger partial charge in [-0.3, -0.25) is 9.59 Å². The molecule has 0 unspecified atom stereocenters. The molecule has 3 N–H and O–H groups in total. The number of H-pyrrole nitrogens is 1. The average molecular weight is 400 g/mol. The van der Waals surface area contributed by atoms with Crippen molar-refractivity contribution < 1.29 is 9.59 Å². The number of nitrogens with zero attached hydrogens (tertiary/aromatic N) is 1. The van der Waals surface area contributed by atoms with Crippen LogP contribution in [0.2, 0.25) is 0 Å². The second kappa shape index (κ2) is 7.37. The Hall–Kier alpha value is -3.54. The number of amides is 2. The molecule has 5 rings (SSSR count). The summed E-state index contributed by atoms with van der Waals surface area (Å²) < 4.78 is 1.92. The molecule has 1 atom stereocenters. The maximum atomic E-state index is 12.9. The molecule has 2 amide bonds. The fraction of sp³-hybridized carbons (Fsp3) is 0.250. The number of fused-ring (bicyclic) bond motifs is 4. The molecule has 0 saturated heterocycles. The van der Waals surface area contributed by atoms with Crippen molar-refractivity contribution in [3.05, 3.63) is 66.0 Å². The van der Waals surface area contributed by atoms with E-state index in [0.29, 0.717) is 0 Å². The highest BCUT2D eigenvalue weighted by molar-refractivity contribution is 6.01. The molecule has 0 spiro atoms. The van der Waals surface area contributed by atoms with Crippen LogP contribution in [-0.2, 0) is 22.6 Å². The van der Waals surface area contributed by atoms with Crippen LogP contribution in [0.5, 0.6) is 0 Å². The van der Waals surface area contributed by atoms with E-state index in [0.717, 1.165) is 47.1 Å². The second-order valence-electron chi connectivity index (χ2n) is 7.94. The predicted octanol–water partition coefficient (Wildman–Crippen LogP) is 4.27. The summed E-state index contributed by atoms with van der Waals surface area (Å²) in [6.07, 6.45) is 4.93. The number of aromatic amines is 1. The smallest absolute Gasteiger partial charge is 0.240 e. The third-order valence-corrected chi connectivity index (χ3v) is 5.89. The molecule has 6 nitrogen and oxygen atoms in total. The number of nitrogens with one attached hydrogen (secondary N) is 3. The van der Waals surface area contributed by atoms with Gasteiger partial charge in [0.05, 0.1) is 17.2 Å². The zero-order valence-electron chi connectivity index (χ0n) is 16.9. The Bertz CT molecular complexity index is 1270. The van der Waals surface area contributed by atoms with Gasteiger partial charge in [-0.05, 0) is 49.1 Å². The van der Waals surface area contributed by atoms with Gasteiger partial charge in [0.1, 0.15) is 6.54 Å². The number of para-hydroxylation sites is 1. The lowest BCUT2D eigenvalue weighted by molar-refractivity contribution is -0.122. The predicted molar refractivity (Wildman–Crippen MR) is 118 cm³/mol. The van der Waals surface area contributed by atoms with Crippen molar-refractivity contribution in [2.75, 3.05) is 5.32 Å². The molecule has 4 aromatic rings. The maximum absolute atomic E-state index is 12.9. The number of hydrogen-bond donors (Lipinski definition) is 3. The first kappa shape index (κ1) is 18.5. The summed E-state index contributed by atoms with van der Waals surface area (Å²) >= 11 is 0. The topological polar surface area (TPSA) is 78.9 Å². The summed E-state index contributed by atoms with van der Waals surface area (Å²) in [6, 6.07) is 16.0. The first-order valence-electron chi connectivity index (χ1n) is 10.3. The molecule has 1 aliphatic rings. The Morgan fingerprint density at radius 2 is 1.97 bits per heavy atom. The molecule has 0 fully saturated rings. The van der Waals surface area contributed by atoms with E-state index < -0.39 is 0 Å². The van der Waals surface area contributed by atoms with Crippen molar-refractivity contribution in [1.29, 1.82) is 0 Å². The largest absolute Gasteiger partial charge is 0.356 e. The minimum absolute atomic E-state index is 0.00502. The zero-order valence-corrected chi connectivity index (χ0v) is 16.9. The number of rotatable bonds is 4. The lowest BCUT2D eigenvalue weighted by Gasteiger charge is -2.24. The van der Waals surface area contributed by atoms with Crippen LogP contribution in [0.15, 0.2) is 54.7 Å². The molecule has 1 aliphatic carbocycles. The van der Waals surface area contributed by atoms with Crippen molar-refractivity contribution in [3.8, 4) is 0 Å². The van der Waals surface area contributed by atoms with E-state index in [1.54, 1.807) is 0 Å². The van der Waals surface area contributed by atoms with Crippen molar-refractivity contribution >= 4 is 39.3 Å². The molecule has 0 radical (unpaired) electrons. The lowest BCUT2D eigenvalue weighted by Crippen LogP contribution is -2.33. The van der Waals surface area contributed by atoms with E-state index in [-0.39, 0.29) is 24.4 Å². The third kappa shape index (κ3) is 3.24. The molecular formula is C24H24N4O2. The van der Waals surface area contributed by atoms with Crippen molar-refractivity contribution in [3.63, 3.8) is 0 Å². The number of hydrogen-bond acceptors (Lipinski definition) is 2. The summed E-state index contributed by atoms with van der Waals surface area (Å²) in [5.41, 5.74) is 5.28. The van der Waals surface area contributed by atoms with Crippen LogP contribution in [0.1, 0.15) is 37.1 Å². The number of benzene rings is 2. The van der Waals surface area contributed by atoms with Gasteiger partial charge in [-0.15, -0.1) is 0 Å². The van der Waals surface area contributed by atoms with Crippen molar-refractivity contribution in [2.24, 2.45) is 0 Å². The monoisotopic (exact) mass is 400 g/mol. The molecule has 2 heterocycles. The molecule has 152 valence electrons. The molecule has 0 bridgehead atoms. The molecule has 30 heavy (non-hydrogen) atoms. The van der Waals surface area contributed by atoms with E-state index in [1.807, 2.05) is 41.1 Å². The van der Waals surface area contributed by atoms with Crippen LogP contribution in [0.25, 0.3) is 21.8 Å². The number of carbonyl (C=O) groups excluding carboxylic acids is 2. The van der Waals surface area contributed by atoms with Crippen LogP contribution in [0.3, 0.4) is 0 Å². The fourth-order valence-electron chi connectivity index (χ4n) is 4.61. The van der Waals surface area contributed by atoms with Crippen LogP contribution >= 0.6 is 0 Å². The first-order chi connectivity index (χ1) is 14.6. The number of aromatic nitrogens is 2.